The monoisotopic (exact) mass is 413 g/mol. The van der Waals surface area contributed by atoms with Gasteiger partial charge in [0.1, 0.15) is 11.2 Å². The van der Waals surface area contributed by atoms with Crippen LogP contribution in [-0.4, -0.2) is 17.3 Å². The van der Waals surface area contributed by atoms with Crippen molar-refractivity contribution in [2.45, 2.75) is 38.8 Å². The van der Waals surface area contributed by atoms with E-state index in [2.05, 4.69) is 15.7 Å². The normalized spacial score (nSPS) is 15.2. The summed E-state index contributed by atoms with van der Waals surface area (Å²) in [5.41, 5.74) is 3.83. The van der Waals surface area contributed by atoms with Gasteiger partial charge in [0.25, 0.3) is 5.91 Å². The van der Waals surface area contributed by atoms with Gasteiger partial charge in [-0.05, 0) is 42.7 Å². The molecular formula is C20H24ClN7O. The zero-order chi connectivity index (χ0) is 21.0. The van der Waals surface area contributed by atoms with Gasteiger partial charge in [-0.3, -0.25) is 15.2 Å². The zero-order valence-electron chi connectivity index (χ0n) is 16.4. The lowest BCUT2D eigenvalue weighted by atomic mass is 9.88. The van der Waals surface area contributed by atoms with Gasteiger partial charge < -0.3 is 0 Å². The molecule has 0 aromatic heterocycles. The number of carbonyl (C=O) groups is 1. The maximum Gasteiger partial charge on any atom is 0.267 e. The molecule has 0 fully saturated rings. The van der Waals surface area contributed by atoms with Crippen LogP contribution in [0.3, 0.4) is 0 Å². The Morgan fingerprint density at radius 2 is 1.97 bits per heavy atom. The molecule has 9 heteroatoms. The topological polar surface area (TPSA) is 121 Å². The number of fused-ring (bicyclic) bond motifs is 1. The van der Waals surface area contributed by atoms with E-state index in [0.717, 1.165) is 5.56 Å². The van der Waals surface area contributed by atoms with Crippen LogP contribution in [0.25, 0.3) is 0 Å². The quantitative estimate of drug-likeness (QED) is 0.298. The lowest BCUT2D eigenvalue weighted by Crippen LogP contribution is -2.59. The zero-order valence-corrected chi connectivity index (χ0v) is 17.1. The second-order valence-corrected chi connectivity index (χ2v) is 7.16. The largest absolute Gasteiger partial charge is 0.295 e. The predicted molar refractivity (Wildman–Crippen MR) is 115 cm³/mol. The average Bonchev–Trinajstić information content (AvgIpc) is 2.74. The molecule has 1 aliphatic rings. The van der Waals surface area contributed by atoms with E-state index in [0.29, 0.717) is 47.2 Å². The summed E-state index contributed by atoms with van der Waals surface area (Å²) in [4.78, 5) is 16.9. The minimum atomic E-state index is -0.636. The molecule has 2 aromatic rings. The minimum Gasteiger partial charge on any atom is -0.295 e. The summed E-state index contributed by atoms with van der Waals surface area (Å²) in [6.45, 7) is 4.39. The molecule has 0 unspecified atom stereocenters. The van der Waals surface area contributed by atoms with Crippen LogP contribution in [0, 0.1) is 0 Å². The lowest BCUT2D eigenvalue weighted by Gasteiger charge is -2.43. The number of para-hydroxylation sites is 1. The fraction of sp³-hybridized carbons (Fsp3) is 0.300. The van der Waals surface area contributed by atoms with Crippen LogP contribution in [0.15, 0.2) is 57.7 Å². The van der Waals surface area contributed by atoms with Gasteiger partial charge in [-0.1, -0.05) is 43.6 Å². The molecule has 2 aromatic carbocycles. The first-order valence-corrected chi connectivity index (χ1v) is 9.74. The van der Waals surface area contributed by atoms with Crippen molar-refractivity contribution in [1.82, 2.24) is 5.43 Å². The first kappa shape index (κ1) is 20.9. The second kappa shape index (κ2) is 8.69. The number of rotatable bonds is 5. The van der Waals surface area contributed by atoms with Crippen molar-refractivity contribution in [3.63, 3.8) is 0 Å². The predicted octanol–water partition coefficient (Wildman–Crippen LogP) is 3.88. The van der Waals surface area contributed by atoms with Gasteiger partial charge >= 0.3 is 0 Å². The van der Waals surface area contributed by atoms with Gasteiger partial charge in [-0.2, -0.15) is 5.11 Å². The van der Waals surface area contributed by atoms with Crippen molar-refractivity contribution in [2.24, 2.45) is 26.9 Å². The van der Waals surface area contributed by atoms with E-state index in [1.54, 1.807) is 23.2 Å². The number of carbonyl (C=O) groups excluding carboxylic acids is 1. The fourth-order valence-electron chi connectivity index (χ4n) is 3.49. The maximum absolute atomic E-state index is 12.2. The number of hydrazine groups is 2. The molecule has 0 radical (unpaired) electrons. The Morgan fingerprint density at radius 3 is 2.62 bits per heavy atom. The smallest absolute Gasteiger partial charge is 0.267 e. The van der Waals surface area contributed by atoms with Gasteiger partial charge in [0.05, 0.1) is 17.8 Å². The number of amidine groups is 1. The van der Waals surface area contributed by atoms with E-state index in [4.69, 9.17) is 28.3 Å². The Morgan fingerprint density at radius 1 is 1.24 bits per heavy atom. The highest BCUT2D eigenvalue weighted by Gasteiger charge is 2.43. The Bertz CT molecular complexity index is 969. The van der Waals surface area contributed by atoms with Gasteiger partial charge in [0, 0.05) is 5.02 Å². The van der Waals surface area contributed by atoms with Gasteiger partial charge in [-0.25, -0.2) is 16.7 Å². The molecule has 0 bridgehead atoms. The number of hydrogen-bond donors (Lipinski definition) is 3. The van der Waals surface area contributed by atoms with Crippen molar-refractivity contribution in [2.75, 3.05) is 5.01 Å². The molecule has 0 atom stereocenters. The summed E-state index contributed by atoms with van der Waals surface area (Å²) in [6.07, 6.45) is 1.34. The van der Waals surface area contributed by atoms with Crippen molar-refractivity contribution < 1.29 is 4.79 Å². The highest BCUT2D eigenvalue weighted by molar-refractivity contribution is 6.30. The van der Waals surface area contributed by atoms with Crippen LogP contribution < -0.4 is 22.1 Å². The fourth-order valence-corrected chi connectivity index (χ4v) is 3.71. The molecule has 0 spiro atoms. The van der Waals surface area contributed by atoms with E-state index in [-0.39, 0.29) is 0 Å². The first-order valence-electron chi connectivity index (χ1n) is 9.36. The SMILES string of the molecule is CCC1(CC)C(N=NCc2cccc(Cl)c2)=Nc2c(C(=O)NN)cccc2N1N. The summed E-state index contributed by atoms with van der Waals surface area (Å²) < 4.78 is 0. The van der Waals surface area contributed by atoms with E-state index in [9.17, 15) is 4.79 Å². The lowest BCUT2D eigenvalue weighted by molar-refractivity contribution is 0.0954. The summed E-state index contributed by atoms with van der Waals surface area (Å²) in [5.74, 6) is 11.9. The van der Waals surface area contributed by atoms with E-state index < -0.39 is 11.4 Å². The summed E-state index contributed by atoms with van der Waals surface area (Å²) in [7, 11) is 0. The Labute approximate surface area is 174 Å². The third-order valence-corrected chi connectivity index (χ3v) is 5.46. The number of halogens is 1. The molecule has 5 N–H and O–H groups in total. The summed E-state index contributed by atoms with van der Waals surface area (Å²) in [6, 6.07) is 12.7. The number of aliphatic imine (C=N–C) groups is 1. The van der Waals surface area contributed by atoms with Crippen LogP contribution in [-0.2, 0) is 6.54 Å². The number of azo groups is 1. The Balaban J connectivity index is 2.05. The molecule has 29 heavy (non-hydrogen) atoms. The second-order valence-electron chi connectivity index (χ2n) is 6.72. The molecule has 1 heterocycles. The number of nitrogens with two attached hydrogens (primary N) is 2. The molecule has 1 amide bonds. The number of nitrogen functional groups attached to an aromatic ring is 1. The standard InChI is InChI=1S/C20H24ClN7O/c1-3-20(4-2)19(27-24-12-13-7-5-8-14(21)11-13)25-17-15(18(29)26-22)9-6-10-16(17)28(20)23/h5-11H,3-4,12,22-23H2,1-2H3,(H,26,29). The van der Waals surface area contributed by atoms with Crippen molar-refractivity contribution in [1.29, 1.82) is 0 Å². The Kier molecular flexibility index (Phi) is 6.26. The molecule has 152 valence electrons. The third-order valence-electron chi connectivity index (χ3n) is 5.22. The highest BCUT2D eigenvalue weighted by atomic mass is 35.5. The van der Waals surface area contributed by atoms with Gasteiger partial charge in [0.15, 0.2) is 5.84 Å². The van der Waals surface area contributed by atoms with Gasteiger partial charge in [-0.15, -0.1) is 5.11 Å². The summed E-state index contributed by atoms with van der Waals surface area (Å²) in [5, 5.41) is 11.0. The molecule has 0 saturated carbocycles. The minimum absolute atomic E-state index is 0.323. The van der Waals surface area contributed by atoms with Crippen LogP contribution >= 0.6 is 11.6 Å². The van der Waals surface area contributed by atoms with Crippen LogP contribution in [0.5, 0.6) is 0 Å². The maximum atomic E-state index is 12.2. The van der Waals surface area contributed by atoms with Crippen molar-refractivity contribution in [3.05, 3.63) is 58.6 Å². The van der Waals surface area contributed by atoms with Crippen LogP contribution in [0.4, 0.5) is 11.4 Å². The summed E-state index contributed by atoms with van der Waals surface area (Å²) >= 11 is 6.03. The number of amides is 1. The average molecular weight is 414 g/mol. The number of nitrogens with one attached hydrogen (secondary N) is 1. The van der Waals surface area contributed by atoms with Gasteiger partial charge in [0.2, 0.25) is 0 Å². The third kappa shape index (κ3) is 3.87. The molecule has 3 rings (SSSR count). The Hall–Kier alpha value is -2.81. The van der Waals surface area contributed by atoms with Crippen LogP contribution in [0.1, 0.15) is 42.6 Å². The van der Waals surface area contributed by atoms with E-state index >= 15 is 0 Å². The molecule has 8 nitrogen and oxygen atoms in total. The number of nitrogens with zero attached hydrogens (tertiary/aromatic N) is 4. The number of hydrogen-bond acceptors (Lipinski definition) is 7. The first-order chi connectivity index (χ1) is 14.0. The number of benzene rings is 2. The number of anilines is 1. The van der Waals surface area contributed by atoms with Crippen molar-refractivity contribution in [3.8, 4) is 0 Å². The molecule has 1 aliphatic heterocycles. The van der Waals surface area contributed by atoms with E-state index in [1.165, 1.54) is 0 Å². The molecule has 0 aliphatic carbocycles. The molecule has 0 saturated heterocycles. The van der Waals surface area contributed by atoms with Crippen molar-refractivity contribution >= 4 is 34.7 Å². The highest BCUT2D eigenvalue weighted by Crippen LogP contribution is 2.42. The van der Waals surface area contributed by atoms with E-state index in [1.807, 2.05) is 38.1 Å². The van der Waals surface area contributed by atoms with Crippen LogP contribution in [0.2, 0.25) is 5.02 Å². The molecular weight excluding hydrogens is 390 g/mol.